The summed E-state index contributed by atoms with van der Waals surface area (Å²) in [5.74, 6) is 0. The molecule has 0 spiro atoms. The molecule has 0 fully saturated rings. The first-order valence-corrected chi connectivity index (χ1v) is 6.44. The second-order valence-electron chi connectivity index (χ2n) is 4.64. The maximum Gasteiger partial charge on any atom is 0.295 e. The number of hydroxylamine groups is 1. The minimum absolute atomic E-state index is 0. The Kier molecular flexibility index (Phi) is 6.03. The third kappa shape index (κ3) is 4.70. The molecule has 7 heteroatoms. The van der Waals surface area contributed by atoms with Crippen LogP contribution in [0.25, 0.3) is 0 Å². The standard InChI is InChI=1S/C11H15NO4S.Na/c1-11(2,3)12(13)8-9-6-4-5-7-10(9)17(14,15)16;/h4-8H,1-3H3,(H,14,15,16);/b12-8-;. The molecule has 18 heavy (non-hydrogen) atoms. The summed E-state index contributed by atoms with van der Waals surface area (Å²) in [5, 5.41) is 11.7. The van der Waals surface area contributed by atoms with Crippen molar-refractivity contribution < 1.29 is 17.7 Å². The molecule has 0 aliphatic heterocycles. The van der Waals surface area contributed by atoms with E-state index in [9.17, 15) is 13.6 Å². The molecule has 0 aliphatic carbocycles. The van der Waals surface area contributed by atoms with Crippen LogP contribution in [-0.2, 0) is 10.1 Å². The second-order valence-corrected chi connectivity index (χ2v) is 6.03. The zero-order valence-electron chi connectivity index (χ0n) is 10.9. The van der Waals surface area contributed by atoms with Gasteiger partial charge in [0.25, 0.3) is 10.1 Å². The molecule has 1 aromatic rings. The molecule has 1 rings (SSSR count). The van der Waals surface area contributed by atoms with E-state index in [1.54, 1.807) is 26.8 Å². The van der Waals surface area contributed by atoms with E-state index in [4.69, 9.17) is 4.55 Å². The summed E-state index contributed by atoms with van der Waals surface area (Å²) in [6, 6.07) is 5.78. The van der Waals surface area contributed by atoms with Crippen molar-refractivity contribution >= 4 is 45.9 Å². The van der Waals surface area contributed by atoms with E-state index in [0.717, 1.165) is 6.21 Å². The van der Waals surface area contributed by atoms with Crippen LogP contribution in [0.5, 0.6) is 0 Å². The quantitative estimate of drug-likeness (QED) is 0.221. The predicted molar refractivity (Wildman–Crippen MR) is 70.6 cm³/mol. The topological polar surface area (TPSA) is 80.4 Å². The average Bonchev–Trinajstić information content (AvgIpc) is 2.15. The van der Waals surface area contributed by atoms with Crippen molar-refractivity contribution in [3.05, 3.63) is 35.0 Å². The van der Waals surface area contributed by atoms with Gasteiger partial charge in [-0.2, -0.15) is 8.42 Å². The third-order valence-corrected chi connectivity index (χ3v) is 3.04. The van der Waals surface area contributed by atoms with Crippen LogP contribution >= 0.6 is 0 Å². The van der Waals surface area contributed by atoms with Crippen molar-refractivity contribution in [1.29, 1.82) is 0 Å². The van der Waals surface area contributed by atoms with Crippen LogP contribution in [0.3, 0.4) is 0 Å². The fourth-order valence-corrected chi connectivity index (χ4v) is 1.81. The molecule has 0 unspecified atom stereocenters. The van der Waals surface area contributed by atoms with Crippen molar-refractivity contribution in [2.75, 3.05) is 0 Å². The summed E-state index contributed by atoms with van der Waals surface area (Å²) in [7, 11) is -4.32. The van der Waals surface area contributed by atoms with E-state index in [1.165, 1.54) is 18.2 Å². The zero-order valence-corrected chi connectivity index (χ0v) is 13.7. The summed E-state index contributed by atoms with van der Waals surface area (Å²) < 4.78 is 31.9. The van der Waals surface area contributed by atoms with Crippen LogP contribution in [0.4, 0.5) is 0 Å². The van der Waals surface area contributed by atoms with Gasteiger partial charge in [0.05, 0.1) is 5.56 Å². The Labute approximate surface area is 129 Å². The molecular weight excluding hydrogens is 265 g/mol. The molecule has 1 radical (unpaired) electrons. The van der Waals surface area contributed by atoms with Crippen LogP contribution in [0.15, 0.2) is 29.2 Å². The summed E-state index contributed by atoms with van der Waals surface area (Å²) >= 11 is 0. The normalized spacial score (nSPS) is 13.0. The Bertz CT molecular complexity index is 546. The van der Waals surface area contributed by atoms with Crippen LogP contribution in [0.2, 0.25) is 0 Å². The molecule has 0 aliphatic rings. The van der Waals surface area contributed by atoms with E-state index in [2.05, 4.69) is 0 Å². The van der Waals surface area contributed by atoms with Gasteiger partial charge in [0.1, 0.15) is 4.90 Å². The van der Waals surface area contributed by atoms with E-state index in [-0.39, 0.29) is 40.0 Å². The first-order chi connectivity index (χ1) is 7.62. The molecule has 95 valence electrons. The third-order valence-electron chi connectivity index (χ3n) is 2.11. The molecule has 1 N–H and O–H groups in total. The van der Waals surface area contributed by atoms with Gasteiger partial charge in [-0.25, -0.2) is 4.74 Å². The van der Waals surface area contributed by atoms with E-state index >= 15 is 0 Å². The zero-order chi connectivity index (χ0) is 13.3. The maximum atomic E-state index is 11.7. The van der Waals surface area contributed by atoms with Crippen LogP contribution in [0.1, 0.15) is 26.3 Å². The number of nitrogens with zero attached hydrogens (tertiary/aromatic N) is 1. The summed E-state index contributed by atoms with van der Waals surface area (Å²) in [4.78, 5) is -0.273. The molecule has 0 atom stereocenters. The molecule has 0 saturated heterocycles. The summed E-state index contributed by atoms with van der Waals surface area (Å²) in [6.45, 7) is 5.10. The predicted octanol–water partition coefficient (Wildman–Crippen LogP) is 1.28. The molecule has 0 saturated carbocycles. The molecule has 1 aromatic carbocycles. The van der Waals surface area contributed by atoms with Gasteiger partial charge < -0.3 is 5.21 Å². The summed E-state index contributed by atoms with van der Waals surface area (Å²) in [5.41, 5.74) is -0.508. The van der Waals surface area contributed by atoms with Crippen molar-refractivity contribution in [2.24, 2.45) is 0 Å². The average molecular weight is 280 g/mol. The minimum atomic E-state index is -4.32. The van der Waals surface area contributed by atoms with Crippen molar-refractivity contribution in [2.45, 2.75) is 31.2 Å². The van der Waals surface area contributed by atoms with Crippen LogP contribution in [0, 0.1) is 5.21 Å². The number of rotatable bonds is 2. The van der Waals surface area contributed by atoms with Crippen molar-refractivity contribution in [1.82, 2.24) is 0 Å². The Balaban J connectivity index is 0.00000289. The van der Waals surface area contributed by atoms with Gasteiger partial charge in [0, 0.05) is 50.3 Å². The van der Waals surface area contributed by atoms with Gasteiger partial charge in [0.15, 0.2) is 11.8 Å². The van der Waals surface area contributed by atoms with E-state index < -0.39 is 15.7 Å². The first-order valence-electron chi connectivity index (χ1n) is 5.00. The van der Waals surface area contributed by atoms with Gasteiger partial charge in [0.2, 0.25) is 0 Å². The Morgan fingerprint density at radius 1 is 1.28 bits per heavy atom. The van der Waals surface area contributed by atoms with Gasteiger partial charge in [-0.1, -0.05) is 12.1 Å². The fourth-order valence-electron chi connectivity index (χ4n) is 1.14. The monoisotopic (exact) mass is 280 g/mol. The Hall–Kier alpha value is -0.400. The van der Waals surface area contributed by atoms with E-state index in [1.807, 2.05) is 0 Å². The van der Waals surface area contributed by atoms with Crippen LogP contribution < -0.4 is 0 Å². The Morgan fingerprint density at radius 3 is 2.22 bits per heavy atom. The first kappa shape index (κ1) is 17.6. The fraction of sp³-hybridized carbons (Fsp3) is 0.364. The molecule has 0 bridgehead atoms. The van der Waals surface area contributed by atoms with E-state index in [0.29, 0.717) is 4.74 Å². The number of hydrogen-bond donors (Lipinski definition) is 1. The molecule has 5 nitrogen and oxygen atoms in total. The molecular formula is C11H15NNaO4S. The molecule has 0 heterocycles. The Morgan fingerprint density at radius 2 is 1.78 bits per heavy atom. The minimum Gasteiger partial charge on any atom is -0.623 e. The largest absolute Gasteiger partial charge is 0.623 e. The van der Waals surface area contributed by atoms with Gasteiger partial charge in [-0.15, -0.1) is 0 Å². The molecule has 0 amide bonds. The van der Waals surface area contributed by atoms with Gasteiger partial charge in [-0.05, 0) is 12.1 Å². The van der Waals surface area contributed by atoms with Crippen molar-refractivity contribution in [3.8, 4) is 0 Å². The number of hydrogen-bond acceptors (Lipinski definition) is 3. The van der Waals surface area contributed by atoms with Crippen molar-refractivity contribution in [3.63, 3.8) is 0 Å². The van der Waals surface area contributed by atoms with Gasteiger partial charge in [-0.3, -0.25) is 4.55 Å². The maximum absolute atomic E-state index is 11.7. The second kappa shape index (κ2) is 6.16. The SMILES string of the molecule is CC(C)(C)/[N+]([O-])=C/c1ccccc1S(=O)(=O)O.[Na]. The number of benzene rings is 1. The molecule has 0 aromatic heterocycles. The summed E-state index contributed by atoms with van der Waals surface area (Å²) in [6.07, 6.45) is 1.16. The van der Waals surface area contributed by atoms with Gasteiger partial charge >= 0.3 is 0 Å². The van der Waals surface area contributed by atoms with Crippen LogP contribution in [-0.4, -0.2) is 59.0 Å². The smallest absolute Gasteiger partial charge is 0.295 e.